The van der Waals surface area contributed by atoms with E-state index < -0.39 is 0 Å². The highest BCUT2D eigenvalue weighted by molar-refractivity contribution is 5.60. The predicted octanol–water partition coefficient (Wildman–Crippen LogP) is 3.89. The number of benzene rings is 2. The molecule has 2 aromatic heterocycles. The average Bonchev–Trinajstić information content (AvgIpc) is 3.42. The number of aryl methyl sites for hydroxylation is 2. The maximum absolute atomic E-state index is 6.07. The van der Waals surface area contributed by atoms with Crippen LogP contribution in [0.2, 0.25) is 0 Å². The van der Waals surface area contributed by atoms with Crippen LogP contribution in [0.25, 0.3) is 23.0 Å². The molecule has 0 saturated carbocycles. The van der Waals surface area contributed by atoms with Gasteiger partial charge in [-0.1, -0.05) is 34.6 Å². The van der Waals surface area contributed by atoms with Gasteiger partial charge in [-0.2, -0.15) is 4.98 Å². The molecule has 0 bridgehead atoms. The summed E-state index contributed by atoms with van der Waals surface area (Å²) in [6, 6.07) is 13.9. The van der Waals surface area contributed by atoms with Crippen molar-refractivity contribution in [1.29, 1.82) is 0 Å². The summed E-state index contributed by atoms with van der Waals surface area (Å²) in [5.74, 6) is 1.69. The molecule has 0 saturated heterocycles. The molecular weight excluding hydrogens is 382 g/mol. The summed E-state index contributed by atoms with van der Waals surface area (Å²) in [6.07, 6.45) is -0.105. The topological polar surface area (TPSA) is 88.1 Å². The lowest BCUT2D eigenvalue weighted by Crippen LogP contribution is -2.22. The third-order valence-electron chi connectivity index (χ3n) is 5.48. The van der Waals surface area contributed by atoms with Crippen molar-refractivity contribution < 1.29 is 14.0 Å². The molecule has 0 amide bonds. The fraction of sp³-hybridized carbons (Fsp3) is 0.273. The van der Waals surface area contributed by atoms with Crippen molar-refractivity contribution in [3.63, 3.8) is 0 Å². The number of hydrogen-bond donors (Lipinski definition) is 0. The van der Waals surface area contributed by atoms with Gasteiger partial charge in [0.15, 0.2) is 5.69 Å². The molecule has 1 aliphatic heterocycles. The van der Waals surface area contributed by atoms with E-state index in [9.17, 15) is 0 Å². The van der Waals surface area contributed by atoms with Gasteiger partial charge >= 0.3 is 0 Å². The van der Waals surface area contributed by atoms with E-state index in [4.69, 9.17) is 14.0 Å². The Hall–Kier alpha value is -3.52. The molecule has 1 atom stereocenters. The zero-order chi connectivity index (χ0) is 20.7. The highest BCUT2D eigenvalue weighted by Crippen LogP contribution is 2.31. The number of aromatic nitrogens is 5. The number of methoxy groups -OCH3 is 1. The summed E-state index contributed by atoms with van der Waals surface area (Å²) in [4.78, 5) is 4.54. The van der Waals surface area contributed by atoms with Gasteiger partial charge < -0.3 is 14.0 Å². The molecular formula is C22H21N5O3. The Balaban J connectivity index is 1.39. The number of fused-ring (bicyclic) bond motifs is 1. The van der Waals surface area contributed by atoms with Crippen molar-refractivity contribution in [3.05, 3.63) is 64.8 Å². The second-order valence-electron chi connectivity index (χ2n) is 7.36. The van der Waals surface area contributed by atoms with E-state index in [1.165, 1.54) is 11.1 Å². The van der Waals surface area contributed by atoms with Crippen molar-refractivity contribution in [3.8, 4) is 28.7 Å². The van der Waals surface area contributed by atoms with E-state index in [2.05, 4.69) is 34.3 Å². The Labute approximate surface area is 173 Å². The largest absolute Gasteiger partial charge is 0.497 e. The number of hydrogen-bond acceptors (Lipinski definition) is 7. The van der Waals surface area contributed by atoms with Gasteiger partial charge in [0.2, 0.25) is 5.82 Å². The average molecular weight is 403 g/mol. The van der Waals surface area contributed by atoms with E-state index in [0.29, 0.717) is 30.6 Å². The zero-order valence-corrected chi connectivity index (χ0v) is 17.0. The van der Waals surface area contributed by atoms with Crippen LogP contribution in [0.15, 0.2) is 47.0 Å². The van der Waals surface area contributed by atoms with Crippen LogP contribution in [0.4, 0.5) is 0 Å². The van der Waals surface area contributed by atoms with Crippen LogP contribution in [0, 0.1) is 13.8 Å². The standard InChI is InChI=1S/C22H21N5O3/c1-13-4-5-16(10-14(13)2)21-23-22(30-25-21)20-18-12-29-19(11-27(18)26-24-20)15-6-8-17(28-3)9-7-15/h4-10,19H,11-12H2,1-3H3/t19-/m1/s1. The van der Waals surface area contributed by atoms with Gasteiger partial charge in [-0.25, -0.2) is 4.68 Å². The fourth-order valence-corrected chi connectivity index (χ4v) is 3.52. The first-order valence-corrected chi connectivity index (χ1v) is 9.72. The molecule has 0 unspecified atom stereocenters. The lowest BCUT2D eigenvalue weighted by atomic mass is 10.1. The molecule has 4 aromatic rings. The summed E-state index contributed by atoms with van der Waals surface area (Å²) in [6.45, 7) is 5.06. The number of nitrogens with zero attached hydrogens (tertiary/aromatic N) is 5. The molecule has 0 N–H and O–H groups in total. The Morgan fingerprint density at radius 2 is 1.90 bits per heavy atom. The van der Waals surface area contributed by atoms with Gasteiger partial charge in [0.25, 0.3) is 5.89 Å². The van der Waals surface area contributed by atoms with E-state index in [1.54, 1.807) is 7.11 Å². The van der Waals surface area contributed by atoms with Gasteiger partial charge in [-0.05, 0) is 48.7 Å². The van der Waals surface area contributed by atoms with Crippen molar-refractivity contribution in [2.45, 2.75) is 33.1 Å². The van der Waals surface area contributed by atoms with E-state index in [1.807, 2.05) is 47.1 Å². The van der Waals surface area contributed by atoms with Crippen molar-refractivity contribution in [1.82, 2.24) is 25.1 Å². The molecule has 30 heavy (non-hydrogen) atoms. The van der Waals surface area contributed by atoms with Crippen molar-refractivity contribution >= 4 is 0 Å². The summed E-state index contributed by atoms with van der Waals surface area (Å²) >= 11 is 0. The molecule has 2 aromatic carbocycles. The molecule has 0 fully saturated rings. The molecule has 0 aliphatic carbocycles. The molecule has 0 spiro atoms. The molecule has 8 heteroatoms. The predicted molar refractivity (Wildman–Crippen MR) is 109 cm³/mol. The van der Waals surface area contributed by atoms with E-state index >= 15 is 0 Å². The summed E-state index contributed by atoms with van der Waals surface area (Å²) in [5.41, 5.74) is 5.76. The third-order valence-corrected chi connectivity index (χ3v) is 5.48. The third kappa shape index (κ3) is 3.25. The van der Waals surface area contributed by atoms with E-state index in [0.717, 1.165) is 22.6 Å². The Kier molecular flexibility index (Phi) is 4.55. The summed E-state index contributed by atoms with van der Waals surface area (Å²) < 4.78 is 18.6. The summed E-state index contributed by atoms with van der Waals surface area (Å²) in [7, 11) is 1.65. The normalized spacial score (nSPS) is 15.8. The summed E-state index contributed by atoms with van der Waals surface area (Å²) in [5, 5.41) is 12.7. The molecule has 5 rings (SSSR count). The van der Waals surface area contributed by atoms with Gasteiger partial charge in [-0.3, -0.25) is 0 Å². The minimum Gasteiger partial charge on any atom is -0.497 e. The molecule has 1 aliphatic rings. The number of rotatable bonds is 4. The van der Waals surface area contributed by atoms with Crippen LogP contribution >= 0.6 is 0 Å². The van der Waals surface area contributed by atoms with Crippen LogP contribution in [-0.4, -0.2) is 32.2 Å². The minimum atomic E-state index is -0.105. The second-order valence-corrected chi connectivity index (χ2v) is 7.36. The molecule has 0 radical (unpaired) electrons. The smallest absolute Gasteiger partial charge is 0.280 e. The Morgan fingerprint density at radius 1 is 1.07 bits per heavy atom. The molecule has 3 heterocycles. The lowest BCUT2D eigenvalue weighted by molar-refractivity contribution is -0.00119. The molecule has 8 nitrogen and oxygen atoms in total. The first kappa shape index (κ1) is 18.5. The van der Waals surface area contributed by atoms with Crippen LogP contribution < -0.4 is 4.74 Å². The fourth-order valence-electron chi connectivity index (χ4n) is 3.52. The van der Waals surface area contributed by atoms with Gasteiger partial charge in [0.05, 0.1) is 26.0 Å². The highest BCUT2D eigenvalue weighted by atomic mass is 16.5. The van der Waals surface area contributed by atoms with Crippen LogP contribution in [-0.2, 0) is 17.9 Å². The van der Waals surface area contributed by atoms with Crippen molar-refractivity contribution in [2.24, 2.45) is 0 Å². The first-order chi connectivity index (χ1) is 14.6. The Morgan fingerprint density at radius 3 is 2.67 bits per heavy atom. The Bertz CT molecular complexity index is 1200. The second kappa shape index (κ2) is 7.38. The van der Waals surface area contributed by atoms with Crippen LogP contribution in [0.3, 0.4) is 0 Å². The molecule has 152 valence electrons. The van der Waals surface area contributed by atoms with Crippen molar-refractivity contribution in [2.75, 3.05) is 7.11 Å². The SMILES string of the molecule is COc1ccc([C@H]2Cn3nnc(-c4nc(-c5ccc(C)c(C)c5)no4)c3CO2)cc1. The van der Waals surface area contributed by atoms with Crippen LogP contribution in [0.5, 0.6) is 5.75 Å². The maximum atomic E-state index is 6.07. The lowest BCUT2D eigenvalue weighted by Gasteiger charge is -2.24. The quantitative estimate of drug-likeness (QED) is 0.511. The van der Waals surface area contributed by atoms with Gasteiger partial charge in [-0.15, -0.1) is 5.10 Å². The maximum Gasteiger partial charge on any atom is 0.280 e. The number of ether oxygens (including phenoxy) is 2. The monoisotopic (exact) mass is 403 g/mol. The first-order valence-electron chi connectivity index (χ1n) is 9.72. The van der Waals surface area contributed by atoms with Gasteiger partial charge in [0, 0.05) is 5.56 Å². The minimum absolute atomic E-state index is 0.105. The van der Waals surface area contributed by atoms with Gasteiger partial charge in [0.1, 0.15) is 11.9 Å². The highest BCUT2D eigenvalue weighted by Gasteiger charge is 2.28. The van der Waals surface area contributed by atoms with E-state index in [-0.39, 0.29) is 6.10 Å². The van der Waals surface area contributed by atoms with Crippen LogP contribution in [0.1, 0.15) is 28.5 Å². The zero-order valence-electron chi connectivity index (χ0n) is 17.0.